The van der Waals surface area contributed by atoms with E-state index in [2.05, 4.69) is 28.2 Å². The summed E-state index contributed by atoms with van der Waals surface area (Å²) in [4.78, 5) is 0. The van der Waals surface area contributed by atoms with Gasteiger partial charge in [0.15, 0.2) is 0 Å². The molecule has 2 fully saturated rings. The quantitative estimate of drug-likeness (QED) is 0.834. The molecule has 1 aliphatic heterocycles. The molecule has 2 unspecified atom stereocenters. The van der Waals surface area contributed by atoms with Gasteiger partial charge in [-0.25, -0.2) is 4.39 Å². The third-order valence-corrected chi connectivity index (χ3v) is 5.21. The summed E-state index contributed by atoms with van der Waals surface area (Å²) in [5.41, 5.74) is 1.18. The first-order valence-electron chi connectivity index (χ1n) is 7.90. The van der Waals surface area contributed by atoms with Crippen LogP contribution in [0.4, 0.5) is 4.39 Å². The van der Waals surface area contributed by atoms with E-state index in [1.165, 1.54) is 18.9 Å². The van der Waals surface area contributed by atoms with Crippen LogP contribution in [-0.4, -0.2) is 25.8 Å². The lowest BCUT2D eigenvalue weighted by Gasteiger charge is -2.35. The second-order valence-corrected chi connectivity index (χ2v) is 7.39. The summed E-state index contributed by atoms with van der Waals surface area (Å²) in [5.74, 6) is 0.544. The van der Waals surface area contributed by atoms with E-state index in [1.54, 1.807) is 6.07 Å². The Bertz CT molecular complexity index is 485. The summed E-state index contributed by atoms with van der Waals surface area (Å²) >= 11 is 3.40. The number of benzene rings is 1. The lowest BCUT2D eigenvalue weighted by atomic mass is 9.74. The van der Waals surface area contributed by atoms with Gasteiger partial charge in [0.25, 0.3) is 0 Å². The van der Waals surface area contributed by atoms with Gasteiger partial charge in [-0.15, -0.1) is 0 Å². The maximum absolute atomic E-state index is 13.7. The molecule has 1 aromatic rings. The van der Waals surface area contributed by atoms with Crippen LogP contribution in [0.25, 0.3) is 0 Å². The van der Waals surface area contributed by atoms with E-state index in [1.807, 2.05) is 6.07 Å². The van der Waals surface area contributed by atoms with E-state index in [9.17, 15) is 4.39 Å². The van der Waals surface area contributed by atoms with Crippen molar-refractivity contribution < 1.29 is 9.13 Å². The minimum absolute atomic E-state index is 0.115. The number of rotatable bonds is 6. The molecule has 2 aliphatic rings. The molecule has 0 aromatic heterocycles. The molecule has 1 saturated carbocycles. The van der Waals surface area contributed by atoms with E-state index in [4.69, 9.17) is 4.74 Å². The average Bonchev–Trinajstić information content (AvgIpc) is 3.18. The molecule has 116 valence electrons. The Morgan fingerprint density at radius 3 is 2.86 bits per heavy atom. The van der Waals surface area contributed by atoms with Crippen LogP contribution >= 0.6 is 15.9 Å². The SMILES string of the molecule is CCNCC1(Cc2cc(F)cc(Br)c2)CCOC1C1CC1. The van der Waals surface area contributed by atoms with Crippen LogP contribution < -0.4 is 5.32 Å². The fraction of sp³-hybridized carbons (Fsp3) is 0.647. The highest BCUT2D eigenvalue weighted by Gasteiger charge is 2.50. The smallest absolute Gasteiger partial charge is 0.124 e. The number of hydrogen-bond donors (Lipinski definition) is 1. The van der Waals surface area contributed by atoms with Gasteiger partial charge in [0.1, 0.15) is 5.82 Å². The summed E-state index contributed by atoms with van der Waals surface area (Å²) in [6.45, 7) is 4.89. The normalized spacial score (nSPS) is 29.0. The summed E-state index contributed by atoms with van der Waals surface area (Å²) in [6, 6.07) is 5.23. The zero-order chi connectivity index (χ0) is 14.9. The maximum Gasteiger partial charge on any atom is 0.124 e. The molecule has 1 heterocycles. The van der Waals surface area contributed by atoms with Crippen molar-refractivity contribution in [3.63, 3.8) is 0 Å². The fourth-order valence-electron chi connectivity index (χ4n) is 3.68. The Kier molecular flexibility index (Phi) is 4.67. The lowest BCUT2D eigenvalue weighted by Crippen LogP contribution is -2.43. The third kappa shape index (κ3) is 3.49. The molecule has 0 amide bonds. The number of halogens is 2. The Labute approximate surface area is 134 Å². The molecule has 1 aromatic carbocycles. The van der Waals surface area contributed by atoms with Gasteiger partial charge in [-0.3, -0.25) is 0 Å². The van der Waals surface area contributed by atoms with Gasteiger partial charge in [-0.2, -0.15) is 0 Å². The van der Waals surface area contributed by atoms with Crippen LogP contribution in [0, 0.1) is 17.2 Å². The van der Waals surface area contributed by atoms with E-state index in [0.717, 1.165) is 42.6 Å². The maximum atomic E-state index is 13.7. The molecule has 4 heteroatoms. The van der Waals surface area contributed by atoms with Gasteiger partial charge in [0.2, 0.25) is 0 Å². The fourth-order valence-corrected chi connectivity index (χ4v) is 4.19. The number of ether oxygens (including phenoxy) is 1. The zero-order valence-corrected chi connectivity index (χ0v) is 14.1. The molecule has 2 atom stereocenters. The highest BCUT2D eigenvalue weighted by molar-refractivity contribution is 9.10. The van der Waals surface area contributed by atoms with Crippen LogP contribution in [0.15, 0.2) is 22.7 Å². The molecule has 2 nitrogen and oxygen atoms in total. The van der Waals surface area contributed by atoms with Crippen molar-refractivity contribution in [2.75, 3.05) is 19.7 Å². The highest BCUT2D eigenvalue weighted by Crippen LogP contribution is 2.49. The molecule has 0 spiro atoms. The van der Waals surface area contributed by atoms with Crippen molar-refractivity contribution in [3.8, 4) is 0 Å². The summed E-state index contributed by atoms with van der Waals surface area (Å²) in [5, 5.41) is 3.51. The largest absolute Gasteiger partial charge is 0.377 e. The summed E-state index contributed by atoms with van der Waals surface area (Å²) < 4.78 is 20.6. The molecular weight excluding hydrogens is 333 g/mol. The average molecular weight is 356 g/mol. The first-order valence-corrected chi connectivity index (χ1v) is 8.69. The summed E-state index contributed by atoms with van der Waals surface area (Å²) in [6.07, 6.45) is 4.85. The Morgan fingerprint density at radius 1 is 1.38 bits per heavy atom. The number of hydrogen-bond acceptors (Lipinski definition) is 2. The minimum Gasteiger partial charge on any atom is -0.377 e. The van der Waals surface area contributed by atoms with Crippen molar-refractivity contribution in [2.24, 2.45) is 11.3 Å². The molecule has 1 aliphatic carbocycles. The topological polar surface area (TPSA) is 21.3 Å². The predicted octanol–water partition coefficient (Wildman–Crippen LogP) is 3.93. The zero-order valence-electron chi connectivity index (χ0n) is 12.5. The Hall–Kier alpha value is -0.450. The Morgan fingerprint density at radius 2 is 2.19 bits per heavy atom. The second kappa shape index (κ2) is 6.35. The molecule has 1 saturated heterocycles. The van der Waals surface area contributed by atoms with Crippen LogP contribution in [0.2, 0.25) is 0 Å². The standard InChI is InChI=1S/C17H23BrFNO/c1-2-20-11-17(5-6-21-16(17)13-3-4-13)10-12-7-14(18)9-15(19)8-12/h7-9,13,16,20H,2-6,10-11H2,1H3. The molecule has 21 heavy (non-hydrogen) atoms. The van der Waals surface area contributed by atoms with Crippen LogP contribution in [0.1, 0.15) is 31.7 Å². The van der Waals surface area contributed by atoms with Crippen molar-refractivity contribution in [1.29, 1.82) is 0 Å². The van der Waals surface area contributed by atoms with E-state index < -0.39 is 0 Å². The Balaban J connectivity index is 1.84. The summed E-state index contributed by atoms with van der Waals surface area (Å²) in [7, 11) is 0. The molecule has 3 rings (SSSR count). The molecule has 0 bridgehead atoms. The number of nitrogens with one attached hydrogen (secondary N) is 1. The monoisotopic (exact) mass is 355 g/mol. The van der Waals surface area contributed by atoms with E-state index in [0.29, 0.717) is 12.0 Å². The van der Waals surface area contributed by atoms with E-state index in [-0.39, 0.29) is 11.2 Å². The second-order valence-electron chi connectivity index (χ2n) is 6.48. The third-order valence-electron chi connectivity index (χ3n) is 4.76. The van der Waals surface area contributed by atoms with E-state index >= 15 is 0 Å². The highest BCUT2D eigenvalue weighted by atomic mass is 79.9. The molecular formula is C17H23BrFNO. The first-order chi connectivity index (χ1) is 10.1. The van der Waals surface area contributed by atoms with Gasteiger partial charge < -0.3 is 10.1 Å². The van der Waals surface area contributed by atoms with Crippen molar-refractivity contribution in [3.05, 3.63) is 34.1 Å². The van der Waals surface area contributed by atoms with Gasteiger partial charge in [-0.1, -0.05) is 22.9 Å². The van der Waals surface area contributed by atoms with Crippen molar-refractivity contribution in [1.82, 2.24) is 5.32 Å². The van der Waals surface area contributed by atoms with Crippen LogP contribution in [0.3, 0.4) is 0 Å². The van der Waals surface area contributed by atoms with Crippen molar-refractivity contribution >= 4 is 15.9 Å². The van der Waals surface area contributed by atoms with Gasteiger partial charge in [0, 0.05) is 23.0 Å². The minimum atomic E-state index is -0.167. The molecule has 0 radical (unpaired) electrons. The van der Waals surface area contributed by atoms with Gasteiger partial charge in [0.05, 0.1) is 6.10 Å². The van der Waals surface area contributed by atoms with Gasteiger partial charge >= 0.3 is 0 Å². The molecule has 1 N–H and O–H groups in total. The lowest BCUT2D eigenvalue weighted by molar-refractivity contribution is 0.0308. The predicted molar refractivity (Wildman–Crippen MR) is 85.9 cm³/mol. The first kappa shape index (κ1) is 15.4. The van der Waals surface area contributed by atoms with Crippen LogP contribution in [0.5, 0.6) is 0 Å². The van der Waals surface area contributed by atoms with Crippen molar-refractivity contribution in [2.45, 2.75) is 38.7 Å². The van der Waals surface area contributed by atoms with Crippen LogP contribution in [-0.2, 0) is 11.2 Å². The van der Waals surface area contributed by atoms with Gasteiger partial charge in [-0.05, 0) is 61.9 Å².